The summed E-state index contributed by atoms with van der Waals surface area (Å²) < 4.78 is 5.17. The zero-order valence-electron chi connectivity index (χ0n) is 11.2. The van der Waals surface area contributed by atoms with Gasteiger partial charge in [-0.2, -0.15) is 0 Å². The van der Waals surface area contributed by atoms with Gasteiger partial charge in [0, 0.05) is 28.9 Å². The van der Waals surface area contributed by atoms with Crippen molar-refractivity contribution in [2.75, 3.05) is 19.5 Å². The van der Waals surface area contributed by atoms with Crippen LogP contribution in [0.25, 0.3) is 0 Å². The normalized spacial score (nSPS) is 12.1. The zero-order chi connectivity index (χ0) is 14.7. The average Bonchev–Trinajstić information content (AvgIpc) is 2.46. The fourth-order valence-corrected chi connectivity index (χ4v) is 2.54. The van der Waals surface area contributed by atoms with Crippen molar-refractivity contribution in [2.45, 2.75) is 6.10 Å². The monoisotopic (exact) mass is 311 g/mol. The second-order valence-corrected chi connectivity index (χ2v) is 5.06. The van der Waals surface area contributed by atoms with Gasteiger partial charge in [0.2, 0.25) is 0 Å². The van der Waals surface area contributed by atoms with Crippen molar-refractivity contribution in [1.82, 2.24) is 0 Å². The molecule has 3 nitrogen and oxygen atoms in total. The molecule has 106 valence electrons. The second-order valence-electron chi connectivity index (χ2n) is 4.25. The Bertz CT molecular complexity index is 617. The molecule has 5 heteroatoms. The number of hydrogen-bond acceptors (Lipinski definition) is 3. The summed E-state index contributed by atoms with van der Waals surface area (Å²) in [5.74, 6) is 0.524. The second kappa shape index (κ2) is 6.35. The van der Waals surface area contributed by atoms with E-state index < -0.39 is 6.10 Å². The number of rotatable bonds is 4. The Balaban J connectivity index is 2.51. The third kappa shape index (κ3) is 2.85. The lowest BCUT2D eigenvalue weighted by atomic mass is 9.99. The molecule has 1 unspecified atom stereocenters. The van der Waals surface area contributed by atoms with Crippen LogP contribution in [0.2, 0.25) is 10.0 Å². The number of benzene rings is 2. The highest BCUT2D eigenvalue weighted by atomic mass is 35.5. The van der Waals surface area contributed by atoms with Gasteiger partial charge in [-0.1, -0.05) is 35.3 Å². The van der Waals surface area contributed by atoms with Crippen molar-refractivity contribution in [3.8, 4) is 5.75 Å². The summed E-state index contributed by atoms with van der Waals surface area (Å²) in [5, 5.41) is 14.6. The fraction of sp³-hybridized carbons (Fsp3) is 0.200. The average molecular weight is 312 g/mol. The van der Waals surface area contributed by atoms with Crippen LogP contribution in [0, 0.1) is 0 Å². The number of nitrogens with one attached hydrogen (secondary N) is 1. The number of halogens is 2. The van der Waals surface area contributed by atoms with Crippen LogP contribution in [0.15, 0.2) is 36.4 Å². The summed E-state index contributed by atoms with van der Waals surface area (Å²) >= 11 is 12.3. The van der Waals surface area contributed by atoms with Crippen LogP contribution in [0.1, 0.15) is 17.2 Å². The Morgan fingerprint density at radius 3 is 2.55 bits per heavy atom. The molecule has 0 aliphatic rings. The van der Waals surface area contributed by atoms with Crippen molar-refractivity contribution in [1.29, 1.82) is 0 Å². The molecule has 2 N–H and O–H groups in total. The lowest BCUT2D eigenvalue weighted by Gasteiger charge is -2.18. The van der Waals surface area contributed by atoms with Gasteiger partial charge in [0.15, 0.2) is 0 Å². The topological polar surface area (TPSA) is 41.5 Å². The molecule has 0 heterocycles. The first kappa shape index (κ1) is 15.0. The first-order chi connectivity index (χ1) is 9.58. The molecule has 0 saturated heterocycles. The number of methoxy groups -OCH3 is 1. The smallest absolute Gasteiger partial charge is 0.137 e. The molecule has 0 bridgehead atoms. The van der Waals surface area contributed by atoms with Crippen molar-refractivity contribution in [3.63, 3.8) is 0 Å². The van der Waals surface area contributed by atoms with Crippen LogP contribution in [0.4, 0.5) is 5.69 Å². The molecule has 0 amide bonds. The van der Waals surface area contributed by atoms with Crippen LogP contribution in [-0.2, 0) is 0 Å². The summed E-state index contributed by atoms with van der Waals surface area (Å²) in [6.45, 7) is 0. The third-order valence-corrected chi connectivity index (χ3v) is 3.72. The van der Waals surface area contributed by atoms with Crippen LogP contribution in [-0.4, -0.2) is 19.3 Å². The van der Waals surface area contributed by atoms with E-state index in [1.807, 2.05) is 6.07 Å². The number of aliphatic hydroxyl groups is 1. The summed E-state index contributed by atoms with van der Waals surface area (Å²) in [7, 11) is 3.32. The fourth-order valence-electron chi connectivity index (χ4n) is 2.05. The molecule has 0 aliphatic carbocycles. The molecule has 0 aromatic heterocycles. The maximum atomic E-state index is 10.6. The van der Waals surface area contributed by atoms with E-state index in [9.17, 15) is 5.11 Å². The Morgan fingerprint density at radius 2 is 1.90 bits per heavy atom. The molecule has 0 spiro atoms. The molecule has 2 aromatic rings. The number of anilines is 1. The van der Waals surface area contributed by atoms with E-state index in [0.29, 0.717) is 26.9 Å². The maximum Gasteiger partial charge on any atom is 0.137 e. The van der Waals surface area contributed by atoms with Crippen LogP contribution in [0.3, 0.4) is 0 Å². The van der Waals surface area contributed by atoms with E-state index in [2.05, 4.69) is 5.32 Å². The highest BCUT2D eigenvalue weighted by Crippen LogP contribution is 2.37. The van der Waals surface area contributed by atoms with Crippen molar-refractivity contribution < 1.29 is 9.84 Å². The summed E-state index contributed by atoms with van der Waals surface area (Å²) in [6.07, 6.45) is -0.890. The van der Waals surface area contributed by atoms with E-state index >= 15 is 0 Å². The number of ether oxygens (including phenoxy) is 1. The van der Waals surface area contributed by atoms with Gasteiger partial charge >= 0.3 is 0 Å². The summed E-state index contributed by atoms with van der Waals surface area (Å²) in [4.78, 5) is 0. The first-order valence-corrected chi connectivity index (χ1v) is 6.81. The SMILES string of the molecule is CNc1ccc(Cl)cc1C(O)c1cccc(OC)c1Cl. The Labute approximate surface area is 128 Å². The van der Waals surface area contributed by atoms with Gasteiger partial charge in [0.1, 0.15) is 11.9 Å². The van der Waals surface area contributed by atoms with Crippen LogP contribution >= 0.6 is 23.2 Å². The van der Waals surface area contributed by atoms with Crippen molar-refractivity contribution in [3.05, 3.63) is 57.6 Å². The lowest BCUT2D eigenvalue weighted by molar-refractivity contribution is 0.220. The number of hydrogen-bond donors (Lipinski definition) is 2. The van der Waals surface area contributed by atoms with Gasteiger partial charge < -0.3 is 15.2 Å². The van der Waals surface area contributed by atoms with Crippen LogP contribution in [0.5, 0.6) is 5.75 Å². The molecule has 1 atom stereocenters. The van der Waals surface area contributed by atoms with E-state index in [1.54, 1.807) is 37.4 Å². The van der Waals surface area contributed by atoms with E-state index in [4.69, 9.17) is 27.9 Å². The standard InChI is InChI=1S/C15H15Cl2NO2/c1-18-12-7-6-9(16)8-11(12)15(19)10-4-3-5-13(20-2)14(10)17/h3-8,15,18-19H,1-2H3. The lowest BCUT2D eigenvalue weighted by Crippen LogP contribution is -2.05. The minimum Gasteiger partial charge on any atom is -0.495 e. The molecule has 2 aromatic carbocycles. The largest absolute Gasteiger partial charge is 0.495 e. The Morgan fingerprint density at radius 1 is 1.15 bits per heavy atom. The highest BCUT2D eigenvalue weighted by Gasteiger charge is 2.19. The van der Waals surface area contributed by atoms with Crippen molar-refractivity contribution >= 4 is 28.9 Å². The summed E-state index contributed by atoms with van der Waals surface area (Å²) in [5.41, 5.74) is 2.03. The molecule has 0 radical (unpaired) electrons. The van der Waals surface area contributed by atoms with Gasteiger partial charge in [0.25, 0.3) is 0 Å². The molecule has 20 heavy (non-hydrogen) atoms. The third-order valence-electron chi connectivity index (χ3n) is 3.09. The van der Waals surface area contributed by atoms with Crippen molar-refractivity contribution in [2.24, 2.45) is 0 Å². The van der Waals surface area contributed by atoms with Crippen LogP contribution < -0.4 is 10.1 Å². The van der Waals surface area contributed by atoms with Gasteiger partial charge in [-0.05, 0) is 24.3 Å². The molecule has 0 aliphatic heterocycles. The van der Waals surface area contributed by atoms with Gasteiger partial charge in [-0.3, -0.25) is 0 Å². The van der Waals surface area contributed by atoms with E-state index in [0.717, 1.165) is 5.69 Å². The molecule has 0 fully saturated rings. The first-order valence-electron chi connectivity index (χ1n) is 6.06. The molecular formula is C15H15Cl2NO2. The predicted molar refractivity (Wildman–Crippen MR) is 83.1 cm³/mol. The Kier molecular flexibility index (Phi) is 4.76. The number of aliphatic hydroxyl groups excluding tert-OH is 1. The predicted octanol–water partition coefficient (Wildman–Crippen LogP) is 4.13. The Hall–Kier alpha value is -1.42. The van der Waals surface area contributed by atoms with E-state index in [-0.39, 0.29) is 0 Å². The van der Waals surface area contributed by atoms with E-state index in [1.165, 1.54) is 7.11 Å². The molecule has 0 saturated carbocycles. The summed E-state index contributed by atoms with van der Waals surface area (Å²) in [6, 6.07) is 10.6. The molecule has 2 rings (SSSR count). The zero-order valence-corrected chi connectivity index (χ0v) is 12.7. The van der Waals surface area contributed by atoms with Gasteiger partial charge in [-0.25, -0.2) is 0 Å². The maximum absolute atomic E-state index is 10.6. The van der Waals surface area contributed by atoms with Gasteiger partial charge in [-0.15, -0.1) is 0 Å². The minimum atomic E-state index is -0.890. The molecular weight excluding hydrogens is 297 g/mol. The quantitative estimate of drug-likeness (QED) is 0.892. The highest BCUT2D eigenvalue weighted by molar-refractivity contribution is 6.33. The minimum absolute atomic E-state index is 0.393. The van der Waals surface area contributed by atoms with Gasteiger partial charge in [0.05, 0.1) is 12.1 Å².